The highest BCUT2D eigenvalue weighted by Gasteiger charge is 2.22. The molecule has 7 nitrogen and oxygen atoms in total. The summed E-state index contributed by atoms with van der Waals surface area (Å²) >= 11 is 0. The number of rotatable bonds is 4. The minimum Gasteiger partial charge on any atom is -0.373 e. The van der Waals surface area contributed by atoms with Gasteiger partial charge in [0.25, 0.3) is 5.91 Å². The Bertz CT molecular complexity index is 588. The highest BCUT2D eigenvalue weighted by Crippen LogP contribution is 2.17. The number of carbonyl (C=O) groups excluding carboxylic acids is 2. The fourth-order valence-electron chi connectivity index (χ4n) is 2.37. The Kier molecular flexibility index (Phi) is 4.97. The fourth-order valence-corrected chi connectivity index (χ4v) is 2.37. The van der Waals surface area contributed by atoms with Gasteiger partial charge in [0.1, 0.15) is 5.82 Å². The van der Waals surface area contributed by atoms with Crippen molar-refractivity contribution in [3.63, 3.8) is 0 Å². The number of aryl methyl sites for hydroxylation is 2. The molecule has 1 aliphatic heterocycles. The van der Waals surface area contributed by atoms with Gasteiger partial charge in [-0.15, -0.1) is 0 Å². The van der Waals surface area contributed by atoms with Crippen molar-refractivity contribution in [1.82, 2.24) is 9.88 Å². The summed E-state index contributed by atoms with van der Waals surface area (Å²) in [5.41, 5.74) is 7.51. The number of pyridine rings is 1. The second kappa shape index (κ2) is 6.74. The standard InChI is InChI=1S/C15H22N4O3/c1-9-6-13(14(16)21)15(18-10(9)2)17-7-12-8-19(11(3)20)4-5-22-12/h6,12H,4-5,7-8H2,1-3H3,(H2,16,21)(H,17,18). The van der Waals surface area contributed by atoms with Gasteiger partial charge in [-0.05, 0) is 25.5 Å². The van der Waals surface area contributed by atoms with Gasteiger partial charge in [-0.25, -0.2) is 4.98 Å². The number of hydrogen-bond acceptors (Lipinski definition) is 5. The first-order valence-corrected chi connectivity index (χ1v) is 7.27. The van der Waals surface area contributed by atoms with Crippen LogP contribution in [0.1, 0.15) is 28.5 Å². The van der Waals surface area contributed by atoms with Crippen molar-refractivity contribution in [2.24, 2.45) is 5.73 Å². The number of nitrogens with zero attached hydrogens (tertiary/aromatic N) is 2. The van der Waals surface area contributed by atoms with E-state index in [2.05, 4.69) is 10.3 Å². The number of anilines is 1. The van der Waals surface area contributed by atoms with E-state index in [9.17, 15) is 9.59 Å². The lowest BCUT2D eigenvalue weighted by Crippen LogP contribution is -2.47. The van der Waals surface area contributed by atoms with Gasteiger partial charge in [0.15, 0.2) is 0 Å². The molecule has 1 atom stereocenters. The number of nitrogens with one attached hydrogen (secondary N) is 1. The van der Waals surface area contributed by atoms with E-state index in [0.29, 0.717) is 37.6 Å². The van der Waals surface area contributed by atoms with E-state index < -0.39 is 5.91 Å². The van der Waals surface area contributed by atoms with E-state index in [1.807, 2.05) is 13.8 Å². The van der Waals surface area contributed by atoms with Gasteiger partial charge in [-0.3, -0.25) is 9.59 Å². The summed E-state index contributed by atoms with van der Waals surface area (Å²) in [4.78, 5) is 29.1. The molecular weight excluding hydrogens is 284 g/mol. The summed E-state index contributed by atoms with van der Waals surface area (Å²) in [7, 11) is 0. The Balaban J connectivity index is 2.06. The quantitative estimate of drug-likeness (QED) is 0.842. The molecule has 0 spiro atoms. The van der Waals surface area contributed by atoms with Crippen molar-refractivity contribution in [3.8, 4) is 0 Å². The fraction of sp³-hybridized carbons (Fsp3) is 0.533. The predicted octanol–water partition coefficient (Wildman–Crippen LogP) is 0.457. The van der Waals surface area contributed by atoms with Crippen LogP contribution in [-0.2, 0) is 9.53 Å². The van der Waals surface area contributed by atoms with Crippen molar-refractivity contribution in [1.29, 1.82) is 0 Å². The minimum atomic E-state index is -0.520. The first-order chi connectivity index (χ1) is 10.4. The van der Waals surface area contributed by atoms with Crippen LogP contribution in [-0.4, -0.2) is 54.0 Å². The average molecular weight is 306 g/mol. The van der Waals surface area contributed by atoms with Gasteiger partial charge in [0.2, 0.25) is 5.91 Å². The van der Waals surface area contributed by atoms with Crippen molar-refractivity contribution >= 4 is 17.6 Å². The molecule has 1 fully saturated rings. The van der Waals surface area contributed by atoms with Crippen LogP contribution in [0, 0.1) is 13.8 Å². The van der Waals surface area contributed by atoms with E-state index in [1.165, 1.54) is 0 Å². The Labute approximate surface area is 129 Å². The lowest BCUT2D eigenvalue weighted by molar-refractivity contribution is -0.135. The molecule has 0 aromatic carbocycles. The number of amides is 2. The number of carbonyl (C=O) groups is 2. The number of morpholine rings is 1. The Hall–Kier alpha value is -2.15. The van der Waals surface area contributed by atoms with Crippen LogP contribution >= 0.6 is 0 Å². The van der Waals surface area contributed by atoms with Gasteiger partial charge in [-0.2, -0.15) is 0 Å². The molecular formula is C15H22N4O3. The number of ether oxygens (including phenoxy) is 1. The van der Waals surface area contributed by atoms with Crippen LogP contribution in [0.25, 0.3) is 0 Å². The zero-order valence-corrected chi connectivity index (χ0v) is 13.2. The van der Waals surface area contributed by atoms with E-state index >= 15 is 0 Å². The number of aromatic nitrogens is 1. The summed E-state index contributed by atoms with van der Waals surface area (Å²) in [5, 5.41) is 3.12. The van der Waals surface area contributed by atoms with Crippen LogP contribution in [0.2, 0.25) is 0 Å². The topological polar surface area (TPSA) is 97.6 Å². The van der Waals surface area contributed by atoms with E-state index in [-0.39, 0.29) is 12.0 Å². The first-order valence-electron chi connectivity index (χ1n) is 7.27. The van der Waals surface area contributed by atoms with Crippen LogP contribution in [0.15, 0.2) is 6.07 Å². The maximum absolute atomic E-state index is 11.5. The SMILES string of the molecule is CC(=O)N1CCOC(CNc2nc(C)c(C)cc2C(N)=O)C1. The third-order valence-corrected chi connectivity index (χ3v) is 3.81. The largest absolute Gasteiger partial charge is 0.373 e. The molecule has 1 saturated heterocycles. The molecule has 0 bridgehead atoms. The van der Waals surface area contributed by atoms with E-state index in [4.69, 9.17) is 10.5 Å². The molecule has 0 saturated carbocycles. The number of nitrogens with two attached hydrogens (primary N) is 1. The lowest BCUT2D eigenvalue weighted by atomic mass is 10.1. The molecule has 1 aliphatic rings. The van der Waals surface area contributed by atoms with Crippen LogP contribution in [0.4, 0.5) is 5.82 Å². The summed E-state index contributed by atoms with van der Waals surface area (Å²) in [5.74, 6) is -0.0254. The second-order valence-corrected chi connectivity index (χ2v) is 5.49. The minimum absolute atomic E-state index is 0.0374. The molecule has 1 aromatic heterocycles. The second-order valence-electron chi connectivity index (χ2n) is 5.49. The molecule has 0 radical (unpaired) electrons. The van der Waals surface area contributed by atoms with Gasteiger partial charge >= 0.3 is 0 Å². The first kappa shape index (κ1) is 16.2. The normalized spacial score (nSPS) is 18.1. The monoisotopic (exact) mass is 306 g/mol. The van der Waals surface area contributed by atoms with Gasteiger partial charge < -0.3 is 20.7 Å². The third kappa shape index (κ3) is 3.73. The summed E-state index contributed by atoms with van der Waals surface area (Å²) in [6.07, 6.45) is -0.137. The maximum Gasteiger partial charge on any atom is 0.252 e. The molecule has 3 N–H and O–H groups in total. The molecule has 120 valence electrons. The molecule has 22 heavy (non-hydrogen) atoms. The number of hydrogen-bond donors (Lipinski definition) is 2. The highest BCUT2D eigenvalue weighted by molar-refractivity contribution is 5.97. The van der Waals surface area contributed by atoms with E-state index in [1.54, 1.807) is 17.9 Å². The zero-order chi connectivity index (χ0) is 16.3. The smallest absolute Gasteiger partial charge is 0.252 e. The molecule has 1 unspecified atom stereocenters. The van der Waals surface area contributed by atoms with Crippen LogP contribution in [0.3, 0.4) is 0 Å². The lowest BCUT2D eigenvalue weighted by Gasteiger charge is -2.32. The molecule has 2 heterocycles. The number of primary amides is 1. The third-order valence-electron chi connectivity index (χ3n) is 3.81. The maximum atomic E-state index is 11.5. The summed E-state index contributed by atoms with van der Waals surface area (Å²) in [6.45, 7) is 7.41. The molecule has 0 aliphatic carbocycles. The van der Waals surface area contributed by atoms with E-state index in [0.717, 1.165) is 11.3 Å². The van der Waals surface area contributed by atoms with Gasteiger partial charge in [-0.1, -0.05) is 0 Å². The zero-order valence-electron chi connectivity index (χ0n) is 13.2. The summed E-state index contributed by atoms with van der Waals surface area (Å²) < 4.78 is 5.63. The van der Waals surface area contributed by atoms with Crippen molar-refractivity contribution in [2.45, 2.75) is 26.9 Å². The summed E-state index contributed by atoms with van der Waals surface area (Å²) in [6, 6.07) is 1.73. The van der Waals surface area contributed by atoms with Crippen LogP contribution < -0.4 is 11.1 Å². The molecule has 2 rings (SSSR count). The Morgan fingerprint density at radius 2 is 2.23 bits per heavy atom. The van der Waals surface area contributed by atoms with Crippen LogP contribution in [0.5, 0.6) is 0 Å². The van der Waals surface area contributed by atoms with Gasteiger partial charge in [0.05, 0.1) is 18.3 Å². The molecule has 7 heteroatoms. The molecule has 1 aromatic rings. The van der Waals surface area contributed by atoms with Crippen molar-refractivity contribution in [3.05, 3.63) is 22.9 Å². The van der Waals surface area contributed by atoms with Gasteiger partial charge in [0, 0.05) is 32.3 Å². The van der Waals surface area contributed by atoms with Crippen molar-refractivity contribution < 1.29 is 14.3 Å². The van der Waals surface area contributed by atoms with Crippen molar-refractivity contribution in [2.75, 3.05) is 31.6 Å². The Morgan fingerprint density at radius 1 is 1.50 bits per heavy atom. The Morgan fingerprint density at radius 3 is 2.86 bits per heavy atom. The molecule has 2 amide bonds. The predicted molar refractivity (Wildman–Crippen MR) is 82.7 cm³/mol. The average Bonchev–Trinajstić information content (AvgIpc) is 2.48. The highest BCUT2D eigenvalue weighted by atomic mass is 16.5.